The molecule has 15 nitrogen and oxygen atoms in total. The highest BCUT2D eigenvalue weighted by Gasteiger charge is 2.14. The Morgan fingerprint density at radius 2 is 0.255 bits per heavy atom. The van der Waals surface area contributed by atoms with Crippen LogP contribution in [-0.4, -0.2) is 39.6 Å². The van der Waals surface area contributed by atoms with Crippen molar-refractivity contribution in [3.05, 3.63) is 268 Å². The molecule has 0 bridgehead atoms. The van der Waals surface area contributed by atoms with Crippen molar-refractivity contribution in [1.29, 1.82) is 0 Å². The van der Waals surface area contributed by atoms with Crippen LogP contribution in [0, 0.1) is 74.1 Å². The predicted octanol–water partition coefficient (Wildman–Crippen LogP) is 16.0. The first-order valence-corrected chi connectivity index (χ1v) is 32.3. The first-order valence-electron chi connectivity index (χ1n) is 32.3. The van der Waals surface area contributed by atoms with Crippen LogP contribution in [0.4, 0.5) is 0 Å². The van der Waals surface area contributed by atoms with Crippen LogP contribution in [0.1, 0.15) is 50.1 Å². The second-order valence-corrected chi connectivity index (χ2v) is 22.5. The van der Waals surface area contributed by atoms with Crippen LogP contribution in [0.3, 0.4) is 0 Å². The van der Waals surface area contributed by atoms with Crippen LogP contribution in [0.5, 0.6) is 86.2 Å². The van der Waals surface area contributed by atoms with Gasteiger partial charge in [0.25, 0.3) is 0 Å². The smallest absolute Gasteiger partial charge is 0.148 e. The van der Waals surface area contributed by atoms with Crippen LogP contribution >= 0.6 is 0 Å². The highest BCUT2D eigenvalue weighted by atomic mass is 16.5. The Labute approximate surface area is 595 Å². The molecule has 0 aliphatic heterocycles. The Hall–Kier alpha value is -13.4. The van der Waals surface area contributed by atoms with E-state index in [1.54, 1.807) is 72.8 Å². The van der Waals surface area contributed by atoms with E-state index in [0.29, 0.717) is 86.2 Å². The number of hydrogen-bond acceptors (Lipinski definition) is 15. The Morgan fingerprint density at radius 3 is 0.382 bits per heavy atom. The second kappa shape index (κ2) is 38.5. The summed E-state index contributed by atoms with van der Waals surface area (Å²) in [5.41, 5.74) is 7.51. The third-order valence-electron chi connectivity index (χ3n) is 14.7. The average Bonchev–Trinajstić information content (AvgIpc) is 0.852. The van der Waals surface area contributed by atoms with Gasteiger partial charge in [0.2, 0.25) is 0 Å². The summed E-state index contributed by atoms with van der Waals surface area (Å²) in [5.74, 6) is 24.3. The van der Waals surface area contributed by atoms with Crippen LogP contribution in [-0.2, 0) is 59.5 Å². The fourth-order valence-electron chi connectivity index (χ4n) is 10.1. The zero-order valence-electron chi connectivity index (χ0n) is 56.0. The maximum absolute atomic E-state index is 6.76. The molecule has 0 heterocycles. The van der Waals surface area contributed by atoms with Gasteiger partial charge in [0.15, 0.2) is 0 Å². The molecule has 0 saturated heterocycles. The molecule has 0 amide bonds. The van der Waals surface area contributed by atoms with E-state index in [4.69, 9.17) is 110 Å². The standard InChI is InChI=1S/C87H72O15/c1-7-37-88-73-13-25-79(26-14-73)94-58-67-46-68(59-95-80-27-15-74(16-28-80)89-38-8-2)50-85(49-67)100-55-64-43-65(56-101-86-51-69(60-96-81-29-17-75(18-30-81)90-39-9-3)47-70(52-86)61-97-82-31-19-76(20-32-82)91-40-10-4)45-66(44-64)57-102-87-53-71(62-98-83-33-21-77(22-34-83)92-41-11-5)48-72(54-87)63-99-84-35-23-78(24-36-84)93-42-12-6/h1-6,13-36,43-54H,37-42,55-63H2. The SMILES string of the molecule is C#CCOc1ccc(OCc2cc(COc3ccc(OCC#C)cc3)cc(OCc3cc(COc4cc(COc5ccc(OCC#C)cc5)cc(COc5ccc(OCC#C)cc5)c4)cc(COc4cc(COc5ccc(OCC#C)cc5)cc(COc5ccc(OCC#C)cc5)c4)c3)c2)cc1. The summed E-state index contributed by atoms with van der Waals surface area (Å²) in [5, 5.41) is 0. The molecule has 10 rings (SSSR count). The predicted molar refractivity (Wildman–Crippen MR) is 389 cm³/mol. The van der Waals surface area contributed by atoms with E-state index in [2.05, 4.69) is 35.5 Å². The Bertz CT molecular complexity index is 3850. The molecule has 0 aliphatic rings. The summed E-state index contributed by atoms with van der Waals surface area (Å²) in [6.07, 6.45) is 32.5. The van der Waals surface area contributed by atoms with Gasteiger partial charge in [0, 0.05) is 0 Å². The van der Waals surface area contributed by atoms with Gasteiger partial charge in [-0.25, -0.2) is 0 Å². The number of terminal acetylenes is 6. The summed E-state index contributed by atoms with van der Waals surface area (Å²) in [7, 11) is 0. The minimum absolute atomic E-state index is 0.147. The van der Waals surface area contributed by atoms with Gasteiger partial charge in [0.1, 0.15) is 185 Å². The maximum atomic E-state index is 6.76. The van der Waals surface area contributed by atoms with Crippen LogP contribution in [0.25, 0.3) is 0 Å². The van der Waals surface area contributed by atoms with E-state index in [1.807, 2.05) is 146 Å². The van der Waals surface area contributed by atoms with E-state index in [-0.39, 0.29) is 99.1 Å². The quantitative estimate of drug-likeness (QED) is 0.0338. The number of ether oxygens (including phenoxy) is 15. The summed E-state index contributed by atoms with van der Waals surface area (Å²) in [4.78, 5) is 0. The van der Waals surface area contributed by atoms with Crippen molar-refractivity contribution in [2.24, 2.45) is 0 Å². The van der Waals surface area contributed by atoms with Crippen molar-refractivity contribution in [2.45, 2.75) is 59.5 Å². The number of benzene rings is 10. The van der Waals surface area contributed by atoms with Crippen molar-refractivity contribution >= 4 is 0 Å². The Morgan fingerprint density at radius 1 is 0.147 bits per heavy atom. The lowest BCUT2D eigenvalue weighted by Gasteiger charge is -2.16. The lowest BCUT2D eigenvalue weighted by atomic mass is 10.1. The van der Waals surface area contributed by atoms with E-state index in [1.165, 1.54) is 0 Å². The Balaban J connectivity index is 0.936. The molecular weight excluding hydrogens is 1280 g/mol. The van der Waals surface area contributed by atoms with Crippen molar-refractivity contribution in [2.75, 3.05) is 39.6 Å². The minimum Gasteiger partial charge on any atom is -0.489 e. The third-order valence-corrected chi connectivity index (χ3v) is 14.7. The molecule has 0 fully saturated rings. The minimum atomic E-state index is 0.147. The molecule has 0 atom stereocenters. The van der Waals surface area contributed by atoms with E-state index >= 15 is 0 Å². The van der Waals surface area contributed by atoms with Crippen molar-refractivity contribution in [3.63, 3.8) is 0 Å². The normalized spacial score (nSPS) is 10.3. The molecule has 0 saturated carbocycles. The van der Waals surface area contributed by atoms with Gasteiger partial charge in [-0.2, -0.15) is 0 Å². The molecule has 510 valence electrons. The van der Waals surface area contributed by atoms with Crippen LogP contribution < -0.4 is 71.1 Å². The lowest BCUT2D eigenvalue weighted by molar-refractivity contribution is 0.281. The molecule has 10 aromatic rings. The summed E-state index contributed by atoms with van der Waals surface area (Å²) < 4.78 is 91.6. The molecule has 10 aromatic carbocycles. The Kier molecular flexibility index (Phi) is 26.9. The van der Waals surface area contributed by atoms with Gasteiger partial charge < -0.3 is 71.1 Å². The first-order chi connectivity index (χ1) is 50.1. The van der Waals surface area contributed by atoms with Crippen molar-refractivity contribution < 1.29 is 71.1 Å². The highest BCUT2D eigenvalue weighted by Crippen LogP contribution is 2.31. The molecule has 15 heteroatoms. The maximum Gasteiger partial charge on any atom is 0.148 e. The first kappa shape index (κ1) is 71.3. The summed E-state index contributed by atoms with van der Waals surface area (Å²) >= 11 is 0. The number of rotatable bonds is 39. The van der Waals surface area contributed by atoms with Crippen molar-refractivity contribution in [3.8, 4) is 160 Å². The van der Waals surface area contributed by atoms with Crippen molar-refractivity contribution in [1.82, 2.24) is 0 Å². The molecular formula is C87H72O15. The van der Waals surface area contributed by atoms with E-state index in [0.717, 1.165) is 50.1 Å². The fraction of sp³-hybridized carbons (Fsp3) is 0.172. The fourth-order valence-corrected chi connectivity index (χ4v) is 10.1. The van der Waals surface area contributed by atoms with Crippen LogP contribution in [0.2, 0.25) is 0 Å². The molecule has 0 unspecified atom stereocenters. The van der Waals surface area contributed by atoms with E-state index in [9.17, 15) is 0 Å². The highest BCUT2D eigenvalue weighted by molar-refractivity contribution is 5.43. The second-order valence-electron chi connectivity index (χ2n) is 22.5. The van der Waals surface area contributed by atoms with E-state index < -0.39 is 0 Å². The average molecular weight is 1360 g/mol. The summed E-state index contributed by atoms with van der Waals surface area (Å²) in [6.45, 7) is 2.64. The zero-order chi connectivity index (χ0) is 70.8. The topological polar surface area (TPSA) is 138 Å². The van der Waals surface area contributed by atoms with Gasteiger partial charge >= 0.3 is 0 Å². The molecule has 102 heavy (non-hydrogen) atoms. The third kappa shape index (κ3) is 23.7. The largest absolute Gasteiger partial charge is 0.489 e. The molecule has 0 N–H and O–H groups in total. The summed E-state index contributed by atoms with van der Waals surface area (Å²) in [6, 6.07) is 67.5. The molecule has 0 radical (unpaired) electrons. The molecule has 0 spiro atoms. The lowest BCUT2D eigenvalue weighted by Crippen LogP contribution is -2.06. The van der Waals surface area contributed by atoms with Gasteiger partial charge in [0.05, 0.1) is 0 Å². The number of hydrogen-bond donors (Lipinski definition) is 0. The molecule has 0 aromatic heterocycles. The monoisotopic (exact) mass is 1360 g/mol. The van der Waals surface area contributed by atoms with Gasteiger partial charge in [-0.1, -0.05) is 35.5 Å². The zero-order valence-corrected chi connectivity index (χ0v) is 56.0. The molecule has 0 aliphatic carbocycles. The van der Waals surface area contributed by atoms with Gasteiger partial charge in [-0.05, 0) is 268 Å². The van der Waals surface area contributed by atoms with Crippen LogP contribution in [0.15, 0.2) is 218 Å². The van der Waals surface area contributed by atoms with Gasteiger partial charge in [-0.15, -0.1) is 38.5 Å². The van der Waals surface area contributed by atoms with Gasteiger partial charge in [-0.3, -0.25) is 0 Å².